The number of amides is 2. The minimum atomic E-state index is -0.262. The number of thioether (sulfide) groups is 1. The van der Waals surface area contributed by atoms with Crippen molar-refractivity contribution in [2.75, 3.05) is 0 Å². The third kappa shape index (κ3) is 5.14. The quantitative estimate of drug-likeness (QED) is 0.330. The summed E-state index contributed by atoms with van der Waals surface area (Å²) in [7, 11) is 0. The maximum atomic E-state index is 12.7. The average Bonchev–Trinajstić information content (AvgIpc) is 2.86. The molecule has 1 aliphatic heterocycles. The molecule has 2 aromatic carbocycles. The van der Waals surface area contributed by atoms with Crippen molar-refractivity contribution >= 4 is 67.5 Å². The Bertz CT molecular complexity index is 912. The zero-order valence-electron chi connectivity index (χ0n) is 14.7. The number of hydrogen-bond acceptors (Lipinski definition) is 4. The van der Waals surface area contributed by atoms with E-state index in [2.05, 4.69) is 38.5 Å². The minimum Gasteiger partial charge on any atom is -0.490 e. The highest BCUT2D eigenvalue weighted by Gasteiger charge is 2.34. The molecule has 2 aromatic rings. The van der Waals surface area contributed by atoms with E-state index >= 15 is 0 Å². The van der Waals surface area contributed by atoms with Crippen LogP contribution >= 0.6 is 50.3 Å². The van der Waals surface area contributed by atoms with Gasteiger partial charge >= 0.3 is 0 Å². The van der Waals surface area contributed by atoms with Crippen molar-refractivity contribution in [3.8, 4) is 5.75 Å². The molecule has 27 heavy (non-hydrogen) atoms. The Morgan fingerprint density at radius 1 is 1.19 bits per heavy atom. The molecule has 1 aliphatic rings. The summed E-state index contributed by atoms with van der Waals surface area (Å²) >= 11 is 6.68. The summed E-state index contributed by atoms with van der Waals surface area (Å²) in [6, 6.07) is 13.4. The predicted molar refractivity (Wildman–Crippen MR) is 121 cm³/mol. The highest BCUT2D eigenvalue weighted by Crippen LogP contribution is 2.35. The van der Waals surface area contributed by atoms with E-state index in [1.165, 1.54) is 4.90 Å². The fraction of sp³-hybridized carbons (Fsp3) is 0.200. The Morgan fingerprint density at radius 2 is 1.89 bits per heavy atom. The third-order valence-electron chi connectivity index (χ3n) is 3.74. The molecule has 0 saturated carbocycles. The lowest BCUT2D eigenvalue weighted by atomic mass is 10.2. The lowest BCUT2D eigenvalue weighted by Crippen LogP contribution is -2.27. The van der Waals surface area contributed by atoms with Gasteiger partial charge in [0.1, 0.15) is 5.75 Å². The van der Waals surface area contributed by atoms with Gasteiger partial charge in [-0.05, 0) is 106 Å². The number of nitrogens with zero attached hydrogens (tertiary/aromatic N) is 1. The van der Waals surface area contributed by atoms with Crippen LogP contribution in [0.4, 0.5) is 4.79 Å². The molecule has 0 aromatic heterocycles. The predicted octanol–water partition coefficient (Wildman–Crippen LogP) is 6.08. The van der Waals surface area contributed by atoms with E-state index in [1.807, 2.05) is 56.3 Å². The van der Waals surface area contributed by atoms with Gasteiger partial charge in [-0.1, -0.05) is 18.2 Å². The summed E-state index contributed by atoms with van der Waals surface area (Å²) < 4.78 is 7.62. The third-order valence-corrected chi connectivity index (χ3v) is 5.99. The first kappa shape index (κ1) is 20.4. The molecule has 2 amide bonds. The van der Waals surface area contributed by atoms with Crippen LogP contribution in [0.3, 0.4) is 0 Å². The zero-order valence-corrected chi connectivity index (χ0v) is 19.3. The SMILES string of the molecule is CC(C)Oc1ccc(/C=C2\SC(=O)N(Cc3ccc(I)cc3)C2=O)cc1Br. The Balaban J connectivity index is 1.77. The lowest BCUT2D eigenvalue weighted by molar-refractivity contribution is -0.123. The number of carbonyl (C=O) groups excluding carboxylic acids is 2. The molecule has 0 radical (unpaired) electrons. The van der Waals surface area contributed by atoms with Gasteiger partial charge in [0, 0.05) is 3.57 Å². The number of rotatable bonds is 5. The van der Waals surface area contributed by atoms with Crippen LogP contribution in [0.5, 0.6) is 5.75 Å². The molecule has 140 valence electrons. The number of benzene rings is 2. The topological polar surface area (TPSA) is 46.6 Å². The molecule has 0 unspecified atom stereocenters. The molecular weight excluding hydrogens is 541 g/mol. The Labute approximate surface area is 184 Å². The van der Waals surface area contributed by atoms with E-state index in [-0.39, 0.29) is 23.8 Å². The number of carbonyl (C=O) groups is 2. The van der Waals surface area contributed by atoms with Gasteiger partial charge in [-0.25, -0.2) is 0 Å². The summed E-state index contributed by atoms with van der Waals surface area (Å²) in [5.74, 6) is 0.483. The number of imide groups is 1. The highest BCUT2D eigenvalue weighted by molar-refractivity contribution is 14.1. The molecular formula is C20H17BrINO3S. The largest absolute Gasteiger partial charge is 0.490 e. The molecule has 1 fully saturated rings. The summed E-state index contributed by atoms with van der Waals surface area (Å²) in [5.41, 5.74) is 1.76. The molecule has 0 bridgehead atoms. The molecule has 0 spiro atoms. The van der Waals surface area contributed by atoms with Gasteiger partial charge in [0.05, 0.1) is 22.0 Å². The Kier molecular flexibility index (Phi) is 6.65. The molecule has 0 N–H and O–H groups in total. The first-order chi connectivity index (χ1) is 12.8. The zero-order chi connectivity index (χ0) is 19.6. The van der Waals surface area contributed by atoms with E-state index in [4.69, 9.17) is 4.74 Å². The van der Waals surface area contributed by atoms with Crippen molar-refractivity contribution in [2.45, 2.75) is 26.5 Å². The minimum absolute atomic E-state index is 0.0740. The fourth-order valence-corrected chi connectivity index (χ4v) is 4.20. The van der Waals surface area contributed by atoms with Crippen LogP contribution in [-0.2, 0) is 11.3 Å². The summed E-state index contributed by atoms with van der Waals surface area (Å²) in [5, 5.41) is -0.247. The first-order valence-corrected chi connectivity index (χ1v) is 11.0. The second-order valence-electron chi connectivity index (χ2n) is 6.25. The van der Waals surface area contributed by atoms with Crippen LogP contribution < -0.4 is 4.74 Å². The van der Waals surface area contributed by atoms with E-state index in [1.54, 1.807) is 6.08 Å². The lowest BCUT2D eigenvalue weighted by Gasteiger charge is -2.12. The summed E-state index contributed by atoms with van der Waals surface area (Å²) in [6.45, 7) is 4.21. The van der Waals surface area contributed by atoms with Crippen molar-refractivity contribution in [1.29, 1.82) is 0 Å². The molecule has 1 saturated heterocycles. The van der Waals surface area contributed by atoms with Crippen LogP contribution in [0.1, 0.15) is 25.0 Å². The summed E-state index contributed by atoms with van der Waals surface area (Å²) in [4.78, 5) is 26.7. The van der Waals surface area contributed by atoms with Gasteiger partial charge in [0.2, 0.25) is 0 Å². The van der Waals surface area contributed by atoms with Gasteiger partial charge in [0.25, 0.3) is 11.1 Å². The smallest absolute Gasteiger partial charge is 0.293 e. The first-order valence-electron chi connectivity index (χ1n) is 8.29. The van der Waals surface area contributed by atoms with Crippen LogP contribution in [-0.4, -0.2) is 22.2 Å². The van der Waals surface area contributed by atoms with Gasteiger partial charge in [0.15, 0.2) is 0 Å². The molecule has 0 atom stereocenters. The van der Waals surface area contributed by atoms with E-state index in [0.29, 0.717) is 4.91 Å². The maximum Gasteiger partial charge on any atom is 0.293 e. The van der Waals surface area contributed by atoms with Crippen LogP contribution in [0.25, 0.3) is 6.08 Å². The average molecular weight is 558 g/mol. The number of hydrogen-bond donors (Lipinski definition) is 0. The van der Waals surface area contributed by atoms with Gasteiger partial charge in [-0.3, -0.25) is 14.5 Å². The van der Waals surface area contributed by atoms with E-state index < -0.39 is 0 Å². The van der Waals surface area contributed by atoms with Crippen LogP contribution in [0.15, 0.2) is 51.8 Å². The van der Waals surface area contributed by atoms with Crippen molar-refractivity contribution in [1.82, 2.24) is 4.90 Å². The Hall–Kier alpha value is -1.32. The molecule has 7 heteroatoms. The van der Waals surface area contributed by atoms with Crippen molar-refractivity contribution in [3.05, 3.63) is 66.5 Å². The molecule has 1 heterocycles. The summed E-state index contributed by atoms with van der Waals surface area (Å²) in [6.07, 6.45) is 1.81. The molecule has 3 rings (SSSR count). The second kappa shape index (κ2) is 8.79. The number of halogens is 2. The molecule has 0 aliphatic carbocycles. The van der Waals surface area contributed by atoms with E-state index in [9.17, 15) is 9.59 Å². The molecule has 4 nitrogen and oxygen atoms in total. The maximum absolute atomic E-state index is 12.7. The van der Waals surface area contributed by atoms with Gasteiger partial charge < -0.3 is 4.74 Å². The fourth-order valence-electron chi connectivity index (χ4n) is 2.52. The Morgan fingerprint density at radius 3 is 2.52 bits per heavy atom. The van der Waals surface area contributed by atoms with E-state index in [0.717, 1.165) is 36.7 Å². The van der Waals surface area contributed by atoms with Crippen molar-refractivity contribution < 1.29 is 14.3 Å². The van der Waals surface area contributed by atoms with Crippen molar-refractivity contribution in [3.63, 3.8) is 0 Å². The van der Waals surface area contributed by atoms with Crippen molar-refractivity contribution in [2.24, 2.45) is 0 Å². The highest BCUT2D eigenvalue weighted by atomic mass is 127. The standard InChI is InChI=1S/C20H17BrINO3S/c1-12(2)26-17-8-5-14(9-16(17)21)10-18-19(24)23(20(25)27-18)11-13-3-6-15(22)7-4-13/h3-10,12H,11H2,1-2H3/b18-10-. The van der Waals surface area contributed by atoms with Crippen LogP contribution in [0.2, 0.25) is 0 Å². The van der Waals surface area contributed by atoms with Gasteiger partial charge in [-0.2, -0.15) is 0 Å². The van der Waals surface area contributed by atoms with Crippen LogP contribution in [0, 0.1) is 3.57 Å². The second-order valence-corrected chi connectivity index (χ2v) is 9.34. The normalized spacial score (nSPS) is 15.9. The monoisotopic (exact) mass is 557 g/mol. The number of ether oxygens (including phenoxy) is 1. The van der Waals surface area contributed by atoms with Gasteiger partial charge in [-0.15, -0.1) is 0 Å².